The highest BCUT2D eigenvalue weighted by Gasteiger charge is 2.70. The van der Waals surface area contributed by atoms with E-state index in [-0.39, 0.29) is 35.4 Å². The van der Waals surface area contributed by atoms with Gasteiger partial charge < -0.3 is 9.84 Å². The van der Waals surface area contributed by atoms with Crippen LogP contribution in [0.2, 0.25) is 10.0 Å². The molecule has 51 heavy (non-hydrogen) atoms. The average molecular weight is 723 g/mol. The lowest BCUT2D eigenvalue weighted by molar-refractivity contribution is -0.138. The molecule has 8 rings (SSSR count). The fraction of sp³-hybridized carbons (Fsp3) is 0.250. The average Bonchev–Trinajstić information content (AvgIpc) is 3.51. The zero-order valence-corrected chi connectivity index (χ0v) is 29.2. The largest absolute Gasteiger partial charge is 0.507 e. The quantitative estimate of drug-likeness (QED) is 0.160. The van der Waals surface area contributed by atoms with E-state index < -0.39 is 46.8 Å². The Balaban J connectivity index is 1.35. The second kappa shape index (κ2) is 12.3. The predicted octanol–water partition coefficient (Wildman–Crippen LogP) is 7.21. The minimum atomic E-state index is -1.57. The Morgan fingerprint density at radius 1 is 0.863 bits per heavy atom. The number of benzene rings is 4. The van der Waals surface area contributed by atoms with Crippen molar-refractivity contribution in [2.24, 2.45) is 23.7 Å². The van der Waals surface area contributed by atoms with E-state index in [1.807, 2.05) is 18.2 Å². The number of rotatable bonds is 6. The van der Waals surface area contributed by atoms with Crippen LogP contribution in [0, 0.1) is 30.6 Å². The fourth-order valence-corrected chi connectivity index (χ4v) is 9.38. The number of nitrogens with one attached hydrogen (secondary N) is 1. The topological polar surface area (TPSA) is 116 Å². The molecule has 4 amide bonds. The second-order valence-corrected chi connectivity index (χ2v) is 14.4. The van der Waals surface area contributed by atoms with Crippen LogP contribution in [0.4, 0.5) is 11.4 Å². The highest BCUT2D eigenvalue weighted by Crippen LogP contribution is 2.65. The van der Waals surface area contributed by atoms with Crippen molar-refractivity contribution in [3.05, 3.63) is 129 Å². The molecule has 4 aromatic rings. The molecule has 258 valence electrons. The minimum Gasteiger partial charge on any atom is -0.507 e. The van der Waals surface area contributed by atoms with Gasteiger partial charge in [0.15, 0.2) is 0 Å². The molecular weight excluding hydrogens is 689 g/mol. The lowest BCUT2D eigenvalue weighted by Gasteiger charge is -2.50. The molecule has 0 aromatic heterocycles. The number of fused-ring (bicyclic) bond motifs is 4. The highest BCUT2D eigenvalue weighted by atomic mass is 35.5. The SMILES string of the molecule is COc1ccc(C23C(=O)N(Nc4ccc(Cl)cc4Cl)C(=O)C2CC2C(=CCC4C(=O)N(c5ccccc5)C(=O)C42)C3c2cccc(C)c2O)cc1. The molecule has 2 aliphatic heterocycles. The molecule has 4 aromatic carbocycles. The number of aryl methyl sites for hydroxylation is 1. The third-order valence-electron chi connectivity index (χ3n) is 11.2. The zero-order valence-electron chi connectivity index (χ0n) is 27.7. The van der Waals surface area contributed by atoms with Crippen molar-refractivity contribution in [2.75, 3.05) is 17.4 Å². The van der Waals surface area contributed by atoms with E-state index >= 15 is 4.79 Å². The number of methoxy groups -OCH3 is 1. The molecule has 2 saturated heterocycles. The summed E-state index contributed by atoms with van der Waals surface area (Å²) in [5.41, 5.74) is 4.54. The van der Waals surface area contributed by atoms with Crippen molar-refractivity contribution >= 4 is 58.2 Å². The second-order valence-electron chi connectivity index (χ2n) is 13.6. The Morgan fingerprint density at radius 3 is 2.31 bits per heavy atom. The first-order valence-electron chi connectivity index (χ1n) is 16.7. The van der Waals surface area contributed by atoms with Crippen LogP contribution in [-0.2, 0) is 24.6 Å². The summed E-state index contributed by atoms with van der Waals surface area (Å²) in [7, 11) is 1.54. The van der Waals surface area contributed by atoms with Gasteiger partial charge in [0.1, 0.15) is 11.5 Å². The number of phenolic OH excluding ortho intramolecular Hbond substituents is 1. The van der Waals surface area contributed by atoms with Gasteiger partial charge in [0.05, 0.1) is 46.7 Å². The number of aromatic hydroxyl groups is 1. The number of carbonyl (C=O) groups is 4. The number of carbonyl (C=O) groups excluding carboxylic acids is 4. The Morgan fingerprint density at radius 2 is 1.61 bits per heavy atom. The van der Waals surface area contributed by atoms with Gasteiger partial charge in [-0.2, -0.15) is 5.01 Å². The zero-order chi connectivity index (χ0) is 35.8. The number of allylic oxidation sites excluding steroid dienone is 2. The molecule has 11 heteroatoms. The molecule has 0 spiro atoms. The smallest absolute Gasteiger partial charge is 0.260 e. The summed E-state index contributed by atoms with van der Waals surface area (Å²) in [4.78, 5) is 59.8. The van der Waals surface area contributed by atoms with Gasteiger partial charge in [-0.15, -0.1) is 0 Å². The summed E-state index contributed by atoms with van der Waals surface area (Å²) in [6, 6.07) is 25.9. The molecule has 3 fully saturated rings. The molecule has 2 heterocycles. The highest BCUT2D eigenvalue weighted by molar-refractivity contribution is 6.36. The number of anilines is 2. The minimum absolute atomic E-state index is 0.00930. The summed E-state index contributed by atoms with van der Waals surface area (Å²) in [6.07, 6.45) is 2.34. The first-order chi connectivity index (χ1) is 24.6. The van der Waals surface area contributed by atoms with E-state index in [2.05, 4.69) is 5.43 Å². The van der Waals surface area contributed by atoms with E-state index in [9.17, 15) is 19.5 Å². The summed E-state index contributed by atoms with van der Waals surface area (Å²) in [5.74, 6) is -5.00. The van der Waals surface area contributed by atoms with E-state index in [1.165, 1.54) is 11.0 Å². The number of hydrazine groups is 1. The van der Waals surface area contributed by atoms with E-state index in [0.717, 1.165) is 10.6 Å². The molecule has 0 radical (unpaired) electrons. The number of phenols is 1. The molecule has 9 nitrogen and oxygen atoms in total. The number of para-hydroxylation sites is 2. The molecule has 6 atom stereocenters. The molecule has 4 aliphatic rings. The van der Waals surface area contributed by atoms with Crippen molar-refractivity contribution in [1.82, 2.24) is 5.01 Å². The van der Waals surface area contributed by atoms with Crippen LogP contribution in [0.1, 0.15) is 35.4 Å². The Kier molecular flexibility index (Phi) is 7.96. The van der Waals surface area contributed by atoms with Crippen molar-refractivity contribution in [1.29, 1.82) is 0 Å². The number of halogens is 2. The van der Waals surface area contributed by atoms with Crippen molar-refractivity contribution in [3.63, 3.8) is 0 Å². The van der Waals surface area contributed by atoms with Gasteiger partial charge in [-0.1, -0.05) is 83.4 Å². The van der Waals surface area contributed by atoms with Gasteiger partial charge in [-0.25, -0.2) is 0 Å². The van der Waals surface area contributed by atoms with Gasteiger partial charge in [0.2, 0.25) is 11.8 Å². The van der Waals surface area contributed by atoms with Crippen LogP contribution in [0.3, 0.4) is 0 Å². The van der Waals surface area contributed by atoms with Crippen LogP contribution in [0.25, 0.3) is 0 Å². The maximum atomic E-state index is 15.3. The number of hydrogen-bond acceptors (Lipinski definition) is 7. The third-order valence-corrected chi connectivity index (χ3v) is 11.7. The lowest BCUT2D eigenvalue weighted by Crippen LogP contribution is -2.53. The van der Waals surface area contributed by atoms with Gasteiger partial charge in [0.25, 0.3) is 11.8 Å². The van der Waals surface area contributed by atoms with Crippen LogP contribution >= 0.6 is 23.2 Å². The number of amides is 4. The van der Waals surface area contributed by atoms with E-state index in [0.29, 0.717) is 38.8 Å². The van der Waals surface area contributed by atoms with E-state index in [4.69, 9.17) is 27.9 Å². The summed E-state index contributed by atoms with van der Waals surface area (Å²) < 4.78 is 5.46. The number of nitrogens with zero attached hydrogens (tertiary/aromatic N) is 2. The maximum absolute atomic E-state index is 15.3. The summed E-state index contributed by atoms with van der Waals surface area (Å²) in [6.45, 7) is 1.77. The molecule has 1 saturated carbocycles. The number of ether oxygens (including phenoxy) is 1. The van der Waals surface area contributed by atoms with Crippen LogP contribution < -0.4 is 15.1 Å². The Hall–Kier alpha value is -5.12. The fourth-order valence-electron chi connectivity index (χ4n) is 8.93. The van der Waals surface area contributed by atoms with Gasteiger partial charge in [-0.3, -0.25) is 29.5 Å². The molecule has 0 bridgehead atoms. The molecular formula is C40H33Cl2N3O6. The first-order valence-corrected chi connectivity index (χ1v) is 17.5. The van der Waals surface area contributed by atoms with Gasteiger partial charge >= 0.3 is 0 Å². The molecule has 6 unspecified atom stereocenters. The Labute approximate surface area is 304 Å². The van der Waals surface area contributed by atoms with Crippen LogP contribution in [0.15, 0.2) is 103 Å². The normalized spacial score (nSPS) is 26.8. The van der Waals surface area contributed by atoms with Gasteiger partial charge in [0, 0.05) is 16.5 Å². The Bertz CT molecular complexity index is 2160. The van der Waals surface area contributed by atoms with Crippen molar-refractivity contribution < 1.29 is 29.0 Å². The maximum Gasteiger partial charge on any atom is 0.260 e. The standard InChI is InChI=1S/C40H33Cl2N3O6/c1-21-7-6-10-28(35(21)46)34-26-16-17-27-33(38(49)44(36(27)47)24-8-4-3-5-9-24)29(26)20-30-37(48)45(43-32-18-13-23(41)19-31(32)42)39(50)40(30,34)22-11-14-25(51-2)15-12-22/h3-16,18-19,27,29-30,33-34,43,46H,17,20H2,1-2H3. The van der Waals surface area contributed by atoms with Crippen LogP contribution in [-0.4, -0.2) is 40.9 Å². The van der Waals surface area contributed by atoms with Gasteiger partial charge in [-0.05, 0) is 79.3 Å². The lowest BCUT2D eigenvalue weighted by atomic mass is 9.49. The number of imide groups is 2. The monoisotopic (exact) mass is 721 g/mol. The summed E-state index contributed by atoms with van der Waals surface area (Å²) >= 11 is 12.7. The van der Waals surface area contributed by atoms with Crippen molar-refractivity contribution in [3.8, 4) is 11.5 Å². The summed E-state index contributed by atoms with van der Waals surface area (Å²) in [5, 5.41) is 13.4. The predicted molar refractivity (Wildman–Crippen MR) is 192 cm³/mol. The first kappa shape index (κ1) is 33.0. The number of hydrogen-bond donors (Lipinski definition) is 2. The van der Waals surface area contributed by atoms with E-state index in [1.54, 1.807) is 86.8 Å². The molecule has 2 aliphatic carbocycles. The molecule has 2 N–H and O–H groups in total. The van der Waals surface area contributed by atoms with Crippen molar-refractivity contribution in [2.45, 2.75) is 31.1 Å². The third kappa shape index (κ3) is 4.82. The van der Waals surface area contributed by atoms with Crippen LogP contribution in [0.5, 0.6) is 11.5 Å².